The summed E-state index contributed by atoms with van der Waals surface area (Å²) in [5.41, 5.74) is 0. The number of ether oxygens (including phenoxy) is 1. The van der Waals surface area contributed by atoms with Crippen molar-refractivity contribution >= 4 is 6.09 Å². The van der Waals surface area contributed by atoms with Gasteiger partial charge in [0.2, 0.25) is 0 Å². The fourth-order valence-electron chi connectivity index (χ4n) is 2.40. The summed E-state index contributed by atoms with van der Waals surface area (Å²) in [4.78, 5) is 13.2. The number of alkyl carbamates (subject to hydrolysis) is 1. The van der Waals surface area contributed by atoms with Crippen molar-refractivity contribution in [1.82, 2.24) is 10.2 Å². The highest BCUT2D eigenvalue weighted by atomic mass is 16.6. The predicted molar refractivity (Wildman–Crippen MR) is 53.1 cm³/mol. The van der Waals surface area contributed by atoms with Crippen LogP contribution in [0, 0.1) is 5.92 Å². The fraction of sp³-hybridized carbons (Fsp3) is 0.900. The van der Waals surface area contributed by atoms with E-state index in [-0.39, 0.29) is 12.2 Å². The monoisotopic (exact) mass is 198 g/mol. The zero-order valence-corrected chi connectivity index (χ0v) is 8.66. The average Bonchev–Trinajstić information content (AvgIpc) is 2.51. The van der Waals surface area contributed by atoms with Crippen molar-refractivity contribution in [3.05, 3.63) is 0 Å². The minimum Gasteiger partial charge on any atom is -0.444 e. The van der Waals surface area contributed by atoms with Crippen molar-refractivity contribution in [2.75, 3.05) is 26.7 Å². The summed E-state index contributed by atoms with van der Waals surface area (Å²) < 4.78 is 5.13. The van der Waals surface area contributed by atoms with E-state index in [0.717, 1.165) is 13.0 Å². The van der Waals surface area contributed by atoms with Gasteiger partial charge in [0.05, 0.1) is 6.54 Å². The van der Waals surface area contributed by atoms with Crippen LogP contribution in [-0.2, 0) is 4.74 Å². The largest absolute Gasteiger partial charge is 0.444 e. The molecule has 80 valence electrons. The lowest BCUT2D eigenvalue weighted by molar-refractivity contribution is 0.107. The first-order valence-electron chi connectivity index (χ1n) is 5.37. The second-order valence-electron chi connectivity index (χ2n) is 4.41. The van der Waals surface area contributed by atoms with Gasteiger partial charge in [-0.15, -0.1) is 0 Å². The van der Waals surface area contributed by atoms with Gasteiger partial charge < -0.3 is 15.0 Å². The Morgan fingerprint density at radius 1 is 1.64 bits per heavy atom. The Bertz CT molecular complexity index is 220. The zero-order valence-electron chi connectivity index (χ0n) is 8.66. The first-order chi connectivity index (χ1) is 6.74. The third kappa shape index (κ3) is 2.38. The molecule has 0 aromatic rings. The summed E-state index contributed by atoms with van der Waals surface area (Å²) in [5.74, 6) is 0.700. The van der Waals surface area contributed by atoms with E-state index < -0.39 is 0 Å². The number of rotatable bonds is 2. The standard InChI is InChI=1S/C10H18N2O2/c1-12-4-2-3-8(7-12)5-9-6-11-10(13)14-9/h8-9H,2-7H2,1H3,(H,11,13). The number of piperidine rings is 1. The third-order valence-electron chi connectivity index (χ3n) is 3.07. The molecule has 14 heavy (non-hydrogen) atoms. The van der Waals surface area contributed by atoms with Crippen LogP contribution in [0.4, 0.5) is 4.79 Å². The molecule has 0 saturated carbocycles. The second kappa shape index (κ2) is 4.17. The van der Waals surface area contributed by atoms with E-state index in [0.29, 0.717) is 12.5 Å². The van der Waals surface area contributed by atoms with Gasteiger partial charge >= 0.3 is 6.09 Å². The molecule has 2 aliphatic rings. The van der Waals surface area contributed by atoms with E-state index >= 15 is 0 Å². The molecule has 1 amide bonds. The Balaban J connectivity index is 1.76. The van der Waals surface area contributed by atoms with E-state index in [1.807, 2.05) is 0 Å². The minimum atomic E-state index is -0.251. The van der Waals surface area contributed by atoms with Gasteiger partial charge in [-0.2, -0.15) is 0 Å². The minimum absolute atomic E-state index is 0.110. The number of likely N-dealkylation sites (tertiary alicyclic amines) is 1. The molecule has 1 N–H and O–H groups in total. The number of hydrogen-bond donors (Lipinski definition) is 1. The Morgan fingerprint density at radius 3 is 3.14 bits per heavy atom. The molecule has 0 bridgehead atoms. The first kappa shape index (κ1) is 9.77. The van der Waals surface area contributed by atoms with Gasteiger partial charge in [-0.3, -0.25) is 0 Å². The van der Waals surface area contributed by atoms with Gasteiger partial charge in [0.15, 0.2) is 0 Å². The maximum atomic E-state index is 10.8. The topological polar surface area (TPSA) is 41.6 Å². The van der Waals surface area contributed by atoms with Crippen molar-refractivity contribution in [2.45, 2.75) is 25.4 Å². The molecule has 0 aromatic heterocycles. The van der Waals surface area contributed by atoms with Crippen LogP contribution in [0.15, 0.2) is 0 Å². The Kier molecular flexibility index (Phi) is 2.91. The molecule has 0 aliphatic carbocycles. The van der Waals surface area contributed by atoms with Crippen LogP contribution in [0.2, 0.25) is 0 Å². The number of carbonyl (C=O) groups excluding carboxylic acids is 1. The summed E-state index contributed by atoms with van der Waals surface area (Å²) in [7, 11) is 2.16. The smallest absolute Gasteiger partial charge is 0.407 e. The first-order valence-corrected chi connectivity index (χ1v) is 5.37. The molecular formula is C10H18N2O2. The summed E-state index contributed by atoms with van der Waals surface area (Å²) in [5, 5.41) is 2.70. The van der Waals surface area contributed by atoms with Crippen LogP contribution >= 0.6 is 0 Å². The normalized spacial score (nSPS) is 33.9. The van der Waals surface area contributed by atoms with Crippen molar-refractivity contribution in [1.29, 1.82) is 0 Å². The van der Waals surface area contributed by atoms with Crippen LogP contribution in [0.5, 0.6) is 0 Å². The second-order valence-corrected chi connectivity index (χ2v) is 4.41. The van der Waals surface area contributed by atoms with Gasteiger partial charge in [0.25, 0.3) is 0 Å². The highest BCUT2D eigenvalue weighted by Crippen LogP contribution is 2.22. The molecule has 2 saturated heterocycles. The number of hydrogen-bond acceptors (Lipinski definition) is 3. The fourth-order valence-corrected chi connectivity index (χ4v) is 2.40. The Hall–Kier alpha value is -0.770. The number of nitrogens with one attached hydrogen (secondary N) is 1. The van der Waals surface area contributed by atoms with Gasteiger partial charge in [-0.05, 0) is 38.8 Å². The number of nitrogens with zero attached hydrogens (tertiary/aromatic N) is 1. The van der Waals surface area contributed by atoms with Gasteiger partial charge in [0, 0.05) is 6.54 Å². The quantitative estimate of drug-likeness (QED) is 0.714. The van der Waals surface area contributed by atoms with E-state index in [4.69, 9.17) is 4.74 Å². The molecular weight excluding hydrogens is 180 g/mol. The summed E-state index contributed by atoms with van der Waals surface area (Å²) in [6, 6.07) is 0. The van der Waals surface area contributed by atoms with E-state index in [9.17, 15) is 4.79 Å². The lowest BCUT2D eigenvalue weighted by Crippen LogP contribution is -2.34. The lowest BCUT2D eigenvalue weighted by atomic mass is 9.93. The third-order valence-corrected chi connectivity index (χ3v) is 3.07. The SMILES string of the molecule is CN1CCCC(CC2CNC(=O)O2)C1. The van der Waals surface area contributed by atoms with Crippen LogP contribution in [-0.4, -0.2) is 43.8 Å². The molecule has 4 nitrogen and oxygen atoms in total. The molecule has 0 spiro atoms. The number of cyclic esters (lactones) is 1. The zero-order chi connectivity index (χ0) is 9.97. The van der Waals surface area contributed by atoms with Gasteiger partial charge in [-0.25, -0.2) is 4.79 Å². The predicted octanol–water partition coefficient (Wildman–Crippen LogP) is 0.827. The molecule has 2 atom stereocenters. The Labute approximate surface area is 84.6 Å². The summed E-state index contributed by atoms with van der Waals surface area (Å²) in [6.45, 7) is 3.05. The van der Waals surface area contributed by atoms with E-state index in [1.165, 1.54) is 19.4 Å². The summed E-state index contributed by atoms with van der Waals surface area (Å²) in [6.07, 6.45) is 3.43. The molecule has 2 rings (SSSR count). The molecule has 4 heteroatoms. The van der Waals surface area contributed by atoms with Crippen molar-refractivity contribution in [2.24, 2.45) is 5.92 Å². The molecule has 2 heterocycles. The number of carbonyl (C=O) groups is 1. The van der Waals surface area contributed by atoms with Crippen LogP contribution < -0.4 is 5.32 Å². The van der Waals surface area contributed by atoms with E-state index in [1.54, 1.807) is 0 Å². The molecule has 2 fully saturated rings. The summed E-state index contributed by atoms with van der Waals surface area (Å²) >= 11 is 0. The lowest BCUT2D eigenvalue weighted by Gasteiger charge is -2.30. The molecule has 2 aliphatic heterocycles. The van der Waals surface area contributed by atoms with Crippen LogP contribution in [0.3, 0.4) is 0 Å². The van der Waals surface area contributed by atoms with Crippen LogP contribution in [0.1, 0.15) is 19.3 Å². The van der Waals surface area contributed by atoms with Gasteiger partial charge in [-0.1, -0.05) is 0 Å². The number of amides is 1. The maximum absolute atomic E-state index is 10.8. The highest BCUT2D eigenvalue weighted by Gasteiger charge is 2.27. The van der Waals surface area contributed by atoms with Gasteiger partial charge in [0.1, 0.15) is 6.10 Å². The van der Waals surface area contributed by atoms with Crippen molar-refractivity contribution < 1.29 is 9.53 Å². The molecule has 0 aromatic carbocycles. The van der Waals surface area contributed by atoms with Crippen molar-refractivity contribution in [3.8, 4) is 0 Å². The van der Waals surface area contributed by atoms with E-state index in [2.05, 4.69) is 17.3 Å². The average molecular weight is 198 g/mol. The Morgan fingerprint density at radius 2 is 2.50 bits per heavy atom. The molecule has 2 unspecified atom stereocenters. The van der Waals surface area contributed by atoms with Crippen LogP contribution in [0.25, 0.3) is 0 Å². The maximum Gasteiger partial charge on any atom is 0.407 e. The van der Waals surface area contributed by atoms with Crippen molar-refractivity contribution in [3.63, 3.8) is 0 Å². The molecule has 0 radical (unpaired) electrons. The highest BCUT2D eigenvalue weighted by molar-refractivity contribution is 5.69.